The summed E-state index contributed by atoms with van der Waals surface area (Å²) in [5.41, 5.74) is 1.16. The summed E-state index contributed by atoms with van der Waals surface area (Å²) in [4.78, 5) is 0. The fourth-order valence-corrected chi connectivity index (χ4v) is 2.73. The summed E-state index contributed by atoms with van der Waals surface area (Å²) in [6.07, 6.45) is 4.40. The highest BCUT2D eigenvalue weighted by molar-refractivity contribution is 7.99. The molecule has 5 heteroatoms. The molecule has 1 aliphatic heterocycles. The van der Waals surface area contributed by atoms with Gasteiger partial charge in [0.25, 0.3) is 0 Å². The van der Waals surface area contributed by atoms with E-state index in [1.54, 1.807) is 0 Å². The summed E-state index contributed by atoms with van der Waals surface area (Å²) in [7, 11) is 1.93. The van der Waals surface area contributed by atoms with E-state index in [1.165, 1.54) is 24.3 Å². The number of nitrogens with one attached hydrogen (secondary N) is 1. The molecule has 4 nitrogen and oxygen atoms in total. The third kappa shape index (κ3) is 2.48. The number of hydrogen-bond donors (Lipinski definition) is 1. The Kier molecular flexibility index (Phi) is 3.42. The van der Waals surface area contributed by atoms with Gasteiger partial charge in [0.15, 0.2) is 0 Å². The molecule has 2 heterocycles. The van der Waals surface area contributed by atoms with Crippen LogP contribution in [0.4, 0.5) is 0 Å². The van der Waals surface area contributed by atoms with Crippen molar-refractivity contribution < 1.29 is 0 Å². The van der Waals surface area contributed by atoms with Gasteiger partial charge in [0.1, 0.15) is 0 Å². The molecule has 0 unspecified atom stereocenters. The van der Waals surface area contributed by atoms with Crippen LogP contribution in [0.5, 0.6) is 0 Å². The standard InChI is InChI=1S/C9H16N4S/c1-13-9(7-11-12-13)6-10-8-2-4-14-5-3-8/h7-8,10H,2-6H2,1H3. The minimum absolute atomic E-state index is 0.686. The van der Waals surface area contributed by atoms with E-state index in [0.717, 1.165) is 12.2 Å². The monoisotopic (exact) mass is 212 g/mol. The maximum Gasteiger partial charge on any atom is 0.0738 e. The van der Waals surface area contributed by atoms with Crippen LogP contribution in [0.2, 0.25) is 0 Å². The van der Waals surface area contributed by atoms with Crippen molar-refractivity contribution in [2.45, 2.75) is 25.4 Å². The maximum absolute atomic E-state index is 3.90. The van der Waals surface area contributed by atoms with Crippen LogP contribution in [0.15, 0.2) is 6.20 Å². The van der Waals surface area contributed by atoms with Crippen LogP contribution in [0, 0.1) is 0 Å². The van der Waals surface area contributed by atoms with Gasteiger partial charge in [-0.05, 0) is 24.3 Å². The Balaban J connectivity index is 1.79. The molecule has 0 aromatic carbocycles. The zero-order valence-corrected chi connectivity index (χ0v) is 9.26. The van der Waals surface area contributed by atoms with Gasteiger partial charge < -0.3 is 5.32 Å². The molecule has 0 bridgehead atoms. The van der Waals surface area contributed by atoms with Crippen molar-refractivity contribution in [1.29, 1.82) is 0 Å². The predicted octanol–water partition coefficient (Wildman–Crippen LogP) is 0.800. The largest absolute Gasteiger partial charge is 0.308 e. The Bertz CT molecular complexity index is 280. The summed E-state index contributed by atoms with van der Waals surface area (Å²) < 4.78 is 1.82. The molecule has 1 saturated heterocycles. The third-order valence-electron chi connectivity index (χ3n) is 2.60. The Morgan fingerprint density at radius 3 is 3.00 bits per heavy atom. The summed E-state index contributed by atoms with van der Waals surface area (Å²) in [6, 6.07) is 0.686. The van der Waals surface area contributed by atoms with Gasteiger partial charge in [-0.3, -0.25) is 4.68 Å². The molecule has 0 radical (unpaired) electrons. The van der Waals surface area contributed by atoms with E-state index in [2.05, 4.69) is 27.4 Å². The van der Waals surface area contributed by atoms with Crippen molar-refractivity contribution in [3.05, 3.63) is 11.9 Å². The molecular formula is C9H16N4S. The average molecular weight is 212 g/mol. The molecule has 1 fully saturated rings. The summed E-state index contributed by atoms with van der Waals surface area (Å²) in [5, 5.41) is 11.3. The highest BCUT2D eigenvalue weighted by Crippen LogP contribution is 2.17. The van der Waals surface area contributed by atoms with Crippen LogP contribution in [0.1, 0.15) is 18.5 Å². The second-order valence-electron chi connectivity index (χ2n) is 3.62. The molecule has 1 N–H and O–H groups in total. The minimum Gasteiger partial charge on any atom is -0.308 e. The molecule has 1 aliphatic rings. The lowest BCUT2D eigenvalue weighted by molar-refractivity contribution is 0.470. The van der Waals surface area contributed by atoms with Gasteiger partial charge >= 0.3 is 0 Å². The molecule has 0 aliphatic carbocycles. The minimum atomic E-state index is 0.686. The summed E-state index contributed by atoms with van der Waals surface area (Å²) in [6.45, 7) is 0.888. The second-order valence-corrected chi connectivity index (χ2v) is 4.84. The number of aryl methyl sites for hydroxylation is 1. The molecule has 14 heavy (non-hydrogen) atoms. The van der Waals surface area contributed by atoms with Crippen molar-refractivity contribution in [1.82, 2.24) is 20.3 Å². The van der Waals surface area contributed by atoms with Gasteiger partial charge in [-0.15, -0.1) is 5.10 Å². The highest BCUT2D eigenvalue weighted by Gasteiger charge is 2.13. The fourth-order valence-electron chi connectivity index (χ4n) is 1.62. The van der Waals surface area contributed by atoms with Crippen molar-refractivity contribution in [2.24, 2.45) is 7.05 Å². The van der Waals surface area contributed by atoms with Crippen LogP contribution in [-0.4, -0.2) is 32.5 Å². The van der Waals surface area contributed by atoms with Crippen LogP contribution >= 0.6 is 11.8 Å². The van der Waals surface area contributed by atoms with Crippen LogP contribution in [0.3, 0.4) is 0 Å². The Labute approximate surface area is 88.4 Å². The Morgan fingerprint density at radius 1 is 1.57 bits per heavy atom. The Morgan fingerprint density at radius 2 is 2.36 bits per heavy atom. The van der Waals surface area contributed by atoms with E-state index in [-0.39, 0.29) is 0 Å². The quantitative estimate of drug-likeness (QED) is 0.805. The predicted molar refractivity (Wildman–Crippen MR) is 58.2 cm³/mol. The third-order valence-corrected chi connectivity index (χ3v) is 3.65. The topological polar surface area (TPSA) is 42.7 Å². The maximum atomic E-state index is 3.90. The fraction of sp³-hybridized carbons (Fsp3) is 0.778. The van der Waals surface area contributed by atoms with E-state index in [0.29, 0.717) is 6.04 Å². The van der Waals surface area contributed by atoms with Gasteiger partial charge in [0.2, 0.25) is 0 Å². The molecule has 0 spiro atoms. The molecular weight excluding hydrogens is 196 g/mol. The van der Waals surface area contributed by atoms with Crippen LogP contribution < -0.4 is 5.32 Å². The van der Waals surface area contributed by atoms with Gasteiger partial charge in [0, 0.05) is 19.6 Å². The van der Waals surface area contributed by atoms with Gasteiger partial charge in [0.05, 0.1) is 11.9 Å². The first kappa shape index (κ1) is 9.98. The lowest BCUT2D eigenvalue weighted by Crippen LogP contribution is -2.32. The molecule has 0 atom stereocenters. The zero-order chi connectivity index (χ0) is 9.80. The Hall–Kier alpha value is -0.550. The summed E-state index contributed by atoms with van der Waals surface area (Å²) in [5.74, 6) is 2.59. The zero-order valence-electron chi connectivity index (χ0n) is 8.44. The normalized spacial score (nSPS) is 18.6. The smallest absolute Gasteiger partial charge is 0.0738 e. The number of hydrogen-bond acceptors (Lipinski definition) is 4. The molecule has 1 aromatic heterocycles. The van der Waals surface area contributed by atoms with E-state index < -0.39 is 0 Å². The summed E-state index contributed by atoms with van der Waals surface area (Å²) >= 11 is 2.06. The van der Waals surface area contributed by atoms with Gasteiger partial charge in [-0.25, -0.2) is 0 Å². The van der Waals surface area contributed by atoms with Crippen molar-refractivity contribution in [3.63, 3.8) is 0 Å². The lowest BCUT2D eigenvalue weighted by Gasteiger charge is -2.22. The number of rotatable bonds is 3. The van der Waals surface area contributed by atoms with Gasteiger partial charge in [-0.1, -0.05) is 5.21 Å². The highest BCUT2D eigenvalue weighted by atomic mass is 32.2. The lowest BCUT2D eigenvalue weighted by atomic mass is 10.1. The molecule has 1 aromatic rings. The average Bonchev–Trinajstić information content (AvgIpc) is 2.63. The van der Waals surface area contributed by atoms with E-state index >= 15 is 0 Å². The number of aromatic nitrogens is 3. The first-order valence-corrected chi connectivity index (χ1v) is 6.16. The van der Waals surface area contributed by atoms with E-state index in [4.69, 9.17) is 0 Å². The molecule has 0 amide bonds. The van der Waals surface area contributed by atoms with E-state index in [1.807, 2.05) is 17.9 Å². The first-order valence-electron chi connectivity index (χ1n) is 5.01. The first-order chi connectivity index (χ1) is 6.86. The molecule has 2 rings (SSSR count). The van der Waals surface area contributed by atoms with Gasteiger partial charge in [-0.2, -0.15) is 11.8 Å². The van der Waals surface area contributed by atoms with Crippen LogP contribution in [-0.2, 0) is 13.6 Å². The van der Waals surface area contributed by atoms with Crippen molar-refractivity contribution in [2.75, 3.05) is 11.5 Å². The number of nitrogens with zero attached hydrogens (tertiary/aromatic N) is 3. The second kappa shape index (κ2) is 4.79. The van der Waals surface area contributed by atoms with Crippen molar-refractivity contribution in [3.8, 4) is 0 Å². The molecule has 0 saturated carbocycles. The SMILES string of the molecule is Cn1nncc1CNC1CCSCC1. The van der Waals surface area contributed by atoms with Crippen molar-refractivity contribution >= 4 is 11.8 Å². The van der Waals surface area contributed by atoms with E-state index in [9.17, 15) is 0 Å². The molecule has 78 valence electrons. The number of thioether (sulfide) groups is 1. The van der Waals surface area contributed by atoms with Crippen LogP contribution in [0.25, 0.3) is 0 Å².